The average Bonchev–Trinajstić information content (AvgIpc) is 3.25. The van der Waals surface area contributed by atoms with Crippen molar-refractivity contribution in [3.63, 3.8) is 0 Å². The first-order chi connectivity index (χ1) is 12.9. The van der Waals surface area contributed by atoms with Crippen LogP contribution >= 0.6 is 11.3 Å². The Morgan fingerprint density at radius 1 is 1.44 bits per heavy atom. The molecule has 4 heterocycles. The van der Waals surface area contributed by atoms with Gasteiger partial charge >= 0.3 is 5.69 Å². The van der Waals surface area contributed by atoms with E-state index in [2.05, 4.69) is 13.8 Å². The van der Waals surface area contributed by atoms with Crippen LogP contribution in [-0.2, 0) is 35.6 Å². The van der Waals surface area contributed by atoms with Crippen molar-refractivity contribution in [1.82, 2.24) is 4.57 Å². The van der Waals surface area contributed by atoms with E-state index in [1.165, 1.54) is 5.56 Å². The van der Waals surface area contributed by atoms with E-state index < -0.39 is 0 Å². The van der Waals surface area contributed by atoms with Gasteiger partial charge in [-0.1, -0.05) is 11.3 Å². The van der Waals surface area contributed by atoms with Crippen LogP contribution in [0.1, 0.15) is 30.0 Å². The molecule has 2 N–H and O–H groups in total. The van der Waals surface area contributed by atoms with Crippen LogP contribution < -0.4 is 16.0 Å². The monoisotopic (exact) mass is 390 g/mol. The second kappa shape index (κ2) is 6.78. The molecule has 0 saturated carbocycles. The van der Waals surface area contributed by atoms with E-state index >= 15 is 0 Å². The van der Waals surface area contributed by atoms with E-state index in [-0.39, 0.29) is 11.3 Å². The number of anilines is 1. The number of nitrogen functional groups attached to an aromatic ring is 1. The second-order valence-electron chi connectivity index (χ2n) is 7.39. The van der Waals surface area contributed by atoms with Crippen LogP contribution in [0.25, 0.3) is 10.2 Å². The van der Waals surface area contributed by atoms with Crippen molar-refractivity contribution < 1.29 is 18.5 Å². The normalized spacial score (nSPS) is 16.0. The van der Waals surface area contributed by atoms with Crippen LogP contribution in [0, 0.1) is 0 Å². The molecule has 0 unspecified atom stereocenters. The lowest BCUT2D eigenvalue weighted by atomic mass is 9.94. The van der Waals surface area contributed by atoms with Gasteiger partial charge < -0.3 is 19.6 Å². The summed E-state index contributed by atoms with van der Waals surface area (Å²) in [5, 5.41) is 0.952. The summed E-state index contributed by atoms with van der Waals surface area (Å²) in [5.41, 5.74) is 7.30. The fourth-order valence-electron chi connectivity index (χ4n) is 3.55. The summed E-state index contributed by atoms with van der Waals surface area (Å²) >= 11 is 1.59. The largest absolute Gasteiger partial charge is 0.501 e. The summed E-state index contributed by atoms with van der Waals surface area (Å²) in [7, 11) is 1.63. The van der Waals surface area contributed by atoms with Crippen molar-refractivity contribution in [2.24, 2.45) is 0 Å². The maximum absolute atomic E-state index is 13.2. The van der Waals surface area contributed by atoms with Crippen molar-refractivity contribution in [3.8, 4) is 0 Å². The molecule has 0 bridgehead atoms. The van der Waals surface area contributed by atoms with Crippen molar-refractivity contribution in [3.05, 3.63) is 45.1 Å². The molecule has 1 aliphatic heterocycles. The standard InChI is InChI=1S/C19H23N3O4S/c1-19(2)9-13-14(11-26-19)27-17-15(13)16(20)22(10-12-5-4-7-25-12)18(23)21(17)6-8-24-3/h4-5,7,20H,6,8-11H2,1-3H3/p+1. The molecule has 144 valence electrons. The number of fused-ring (bicyclic) bond motifs is 3. The Morgan fingerprint density at radius 2 is 2.26 bits per heavy atom. The van der Waals surface area contributed by atoms with E-state index in [1.54, 1.807) is 39.9 Å². The fraction of sp³-hybridized carbons (Fsp3) is 0.474. The van der Waals surface area contributed by atoms with Gasteiger partial charge in [0.05, 0.1) is 25.1 Å². The molecule has 3 aromatic heterocycles. The van der Waals surface area contributed by atoms with Gasteiger partial charge in [0.2, 0.25) is 5.82 Å². The third-order valence-corrected chi connectivity index (χ3v) is 6.16. The number of ether oxygens (including phenoxy) is 2. The molecular formula is C19H24N3O4S+. The van der Waals surface area contributed by atoms with E-state index in [9.17, 15) is 4.79 Å². The summed E-state index contributed by atoms with van der Waals surface area (Å²) in [6.07, 6.45) is 2.36. The zero-order chi connectivity index (χ0) is 19.2. The summed E-state index contributed by atoms with van der Waals surface area (Å²) in [5.74, 6) is 1.17. The van der Waals surface area contributed by atoms with Gasteiger partial charge in [-0.05, 0) is 31.5 Å². The molecule has 1 aliphatic rings. The quantitative estimate of drug-likeness (QED) is 0.675. The topological polar surface area (TPSA) is 83.5 Å². The second-order valence-corrected chi connectivity index (χ2v) is 8.47. The van der Waals surface area contributed by atoms with Crippen LogP contribution in [0.2, 0.25) is 0 Å². The first-order valence-electron chi connectivity index (χ1n) is 8.93. The minimum Gasteiger partial charge on any atom is -0.465 e. The molecule has 0 fully saturated rings. The number of nitrogens with zero attached hydrogens (tertiary/aromatic N) is 2. The molecule has 0 aromatic carbocycles. The Kier molecular flexibility index (Phi) is 4.57. The Hall–Kier alpha value is -2.16. The Labute approximate surface area is 160 Å². The van der Waals surface area contributed by atoms with Crippen LogP contribution in [0.3, 0.4) is 0 Å². The van der Waals surface area contributed by atoms with E-state index in [4.69, 9.17) is 19.6 Å². The molecule has 0 amide bonds. The molecule has 8 heteroatoms. The zero-order valence-corrected chi connectivity index (χ0v) is 16.6. The number of thiophene rings is 1. The summed E-state index contributed by atoms with van der Waals surface area (Å²) in [4.78, 5) is 15.2. The number of hydrogen-bond acceptors (Lipinski definition) is 6. The Morgan fingerprint density at radius 3 is 2.96 bits per heavy atom. The van der Waals surface area contributed by atoms with Crippen molar-refractivity contribution >= 4 is 27.4 Å². The first-order valence-corrected chi connectivity index (χ1v) is 9.74. The zero-order valence-electron chi connectivity index (χ0n) is 15.8. The van der Waals surface area contributed by atoms with Gasteiger partial charge in [-0.25, -0.2) is 0 Å². The van der Waals surface area contributed by atoms with Gasteiger partial charge in [-0.3, -0.25) is 0 Å². The third kappa shape index (κ3) is 3.18. The van der Waals surface area contributed by atoms with Crippen LogP contribution in [0.5, 0.6) is 0 Å². The molecule has 4 rings (SSSR count). The number of hydrogen-bond donors (Lipinski definition) is 1. The lowest BCUT2D eigenvalue weighted by Gasteiger charge is -2.29. The highest BCUT2D eigenvalue weighted by Crippen LogP contribution is 2.39. The molecule has 0 spiro atoms. The molecular weight excluding hydrogens is 366 g/mol. The minimum atomic E-state index is -0.257. The van der Waals surface area contributed by atoms with Gasteiger partial charge in [-0.2, -0.15) is 13.9 Å². The van der Waals surface area contributed by atoms with E-state index in [0.717, 1.165) is 21.5 Å². The Balaban J connectivity index is 1.96. The van der Waals surface area contributed by atoms with E-state index in [1.807, 2.05) is 6.07 Å². The maximum atomic E-state index is 13.2. The van der Waals surface area contributed by atoms with Gasteiger partial charge in [0, 0.05) is 18.4 Å². The molecule has 7 nitrogen and oxygen atoms in total. The summed E-state index contributed by atoms with van der Waals surface area (Å²) in [6.45, 7) is 5.90. The lowest BCUT2D eigenvalue weighted by Crippen LogP contribution is -2.56. The maximum Gasteiger partial charge on any atom is 0.501 e. The van der Waals surface area contributed by atoms with Gasteiger partial charge in [-0.15, -0.1) is 0 Å². The summed E-state index contributed by atoms with van der Waals surface area (Å²) in [6, 6.07) is 3.65. The SMILES string of the molecule is COCC[n+]1c(=O)n(Cc2ccco2)c(N)c2c3c(sc21)COC(C)(C)C3. The smallest absolute Gasteiger partial charge is 0.465 e. The Bertz CT molecular complexity index is 1030. The highest BCUT2D eigenvalue weighted by atomic mass is 32.1. The third-order valence-electron chi connectivity index (χ3n) is 4.94. The van der Waals surface area contributed by atoms with Gasteiger partial charge in [0.15, 0.2) is 11.4 Å². The minimum absolute atomic E-state index is 0.160. The number of nitrogens with two attached hydrogens (primary N) is 1. The average molecular weight is 390 g/mol. The number of furan rings is 1. The van der Waals surface area contributed by atoms with Gasteiger partial charge in [0.1, 0.15) is 17.7 Å². The molecule has 3 aromatic rings. The highest BCUT2D eigenvalue weighted by Gasteiger charge is 2.34. The highest BCUT2D eigenvalue weighted by molar-refractivity contribution is 7.18. The van der Waals surface area contributed by atoms with Crippen molar-refractivity contribution in [2.75, 3.05) is 19.5 Å². The predicted molar refractivity (Wildman–Crippen MR) is 103 cm³/mol. The molecule has 0 atom stereocenters. The predicted octanol–water partition coefficient (Wildman–Crippen LogP) is 2.07. The lowest BCUT2D eigenvalue weighted by molar-refractivity contribution is -0.689. The fourth-order valence-corrected chi connectivity index (χ4v) is 4.81. The first kappa shape index (κ1) is 18.2. The van der Waals surface area contributed by atoms with Crippen molar-refractivity contribution in [2.45, 2.75) is 45.6 Å². The van der Waals surface area contributed by atoms with Crippen molar-refractivity contribution in [1.29, 1.82) is 0 Å². The molecule has 27 heavy (non-hydrogen) atoms. The van der Waals surface area contributed by atoms with E-state index in [0.29, 0.717) is 37.9 Å². The van der Waals surface area contributed by atoms with Crippen LogP contribution in [0.15, 0.2) is 27.6 Å². The number of methoxy groups -OCH3 is 1. The summed E-state index contributed by atoms with van der Waals surface area (Å²) < 4.78 is 20.0. The molecule has 0 saturated heterocycles. The van der Waals surface area contributed by atoms with Crippen LogP contribution in [0.4, 0.5) is 5.82 Å². The molecule has 0 aliphatic carbocycles. The number of aromatic nitrogens is 2. The molecule has 0 radical (unpaired) electrons. The van der Waals surface area contributed by atoms with Crippen LogP contribution in [-0.4, -0.2) is 23.9 Å². The van der Waals surface area contributed by atoms with Gasteiger partial charge in [0.25, 0.3) is 0 Å². The number of rotatable bonds is 5.